The fourth-order valence-corrected chi connectivity index (χ4v) is 5.28. The summed E-state index contributed by atoms with van der Waals surface area (Å²) in [5, 5.41) is 2.80. The minimum atomic E-state index is -3.47. The average molecular weight is 346 g/mol. The summed E-state index contributed by atoms with van der Waals surface area (Å²) < 4.78 is 27.7. The Morgan fingerprint density at radius 2 is 1.92 bits per heavy atom. The topological polar surface area (TPSA) is 75.3 Å². The number of benzene rings is 1. The van der Waals surface area contributed by atoms with Crippen LogP contribution in [0.1, 0.15) is 30.7 Å². The highest BCUT2D eigenvalue weighted by atomic mass is 32.2. The van der Waals surface area contributed by atoms with E-state index in [1.165, 1.54) is 6.42 Å². The SMILES string of the molecule is O=C1C[C@H](c2ccc(S(=O)(=O)NC[C@@H]3C[C@H]4C=C[C@H]3C4)cc2)CN1. The molecule has 0 unspecified atom stereocenters. The molecule has 1 saturated carbocycles. The molecule has 1 saturated heterocycles. The molecule has 3 aliphatic rings. The Hall–Kier alpha value is -1.66. The highest BCUT2D eigenvalue weighted by molar-refractivity contribution is 7.89. The van der Waals surface area contributed by atoms with Crippen molar-refractivity contribution in [3.63, 3.8) is 0 Å². The van der Waals surface area contributed by atoms with Gasteiger partial charge in [0.05, 0.1) is 4.90 Å². The smallest absolute Gasteiger partial charge is 0.240 e. The van der Waals surface area contributed by atoms with E-state index in [1.807, 2.05) is 12.1 Å². The first-order valence-electron chi connectivity index (χ1n) is 8.56. The van der Waals surface area contributed by atoms with Gasteiger partial charge < -0.3 is 5.32 Å². The van der Waals surface area contributed by atoms with Crippen molar-refractivity contribution in [3.05, 3.63) is 42.0 Å². The maximum absolute atomic E-state index is 12.5. The van der Waals surface area contributed by atoms with Crippen molar-refractivity contribution in [2.75, 3.05) is 13.1 Å². The van der Waals surface area contributed by atoms with E-state index in [0.29, 0.717) is 42.2 Å². The largest absolute Gasteiger partial charge is 0.355 e. The molecule has 4 rings (SSSR count). The molecule has 24 heavy (non-hydrogen) atoms. The van der Waals surface area contributed by atoms with Crippen molar-refractivity contribution in [3.8, 4) is 0 Å². The van der Waals surface area contributed by atoms with E-state index >= 15 is 0 Å². The lowest BCUT2D eigenvalue weighted by Gasteiger charge is -2.18. The van der Waals surface area contributed by atoms with Gasteiger partial charge >= 0.3 is 0 Å². The van der Waals surface area contributed by atoms with E-state index in [9.17, 15) is 13.2 Å². The van der Waals surface area contributed by atoms with Gasteiger partial charge in [-0.15, -0.1) is 0 Å². The van der Waals surface area contributed by atoms with E-state index in [2.05, 4.69) is 22.2 Å². The summed E-state index contributed by atoms with van der Waals surface area (Å²) >= 11 is 0. The predicted octanol–water partition coefficient (Wildman–Crippen LogP) is 1.78. The lowest BCUT2D eigenvalue weighted by atomic mass is 9.94. The lowest BCUT2D eigenvalue weighted by molar-refractivity contribution is -0.119. The van der Waals surface area contributed by atoms with Crippen LogP contribution >= 0.6 is 0 Å². The molecule has 0 radical (unpaired) electrons. The Balaban J connectivity index is 1.40. The van der Waals surface area contributed by atoms with Crippen LogP contribution in [0.4, 0.5) is 0 Å². The number of amides is 1. The average Bonchev–Trinajstić information content (AvgIpc) is 3.30. The molecule has 128 valence electrons. The van der Waals surface area contributed by atoms with Crippen LogP contribution in [0.15, 0.2) is 41.3 Å². The summed E-state index contributed by atoms with van der Waals surface area (Å²) in [6.45, 7) is 1.14. The van der Waals surface area contributed by atoms with Crippen molar-refractivity contribution < 1.29 is 13.2 Å². The number of rotatable bonds is 5. The fourth-order valence-electron chi connectivity index (χ4n) is 4.19. The fraction of sp³-hybridized carbons (Fsp3) is 0.500. The van der Waals surface area contributed by atoms with Gasteiger partial charge in [-0.25, -0.2) is 13.1 Å². The molecule has 0 aromatic heterocycles. The number of hydrogen-bond donors (Lipinski definition) is 2. The highest BCUT2D eigenvalue weighted by Gasteiger charge is 2.36. The van der Waals surface area contributed by atoms with Crippen molar-refractivity contribution in [1.29, 1.82) is 0 Å². The molecule has 2 fully saturated rings. The van der Waals surface area contributed by atoms with E-state index in [0.717, 1.165) is 12.0 Å². The molecular formula is C18H22N2O3S. The number of sulfonamides is 1. The maximum atomic E-state index is 12.5. The Bertz CT molecular complexity index is 770. The summed E-state index contributed by atoms with van der Waals surface area (Å²) in [6.07, 6.45) is 7.23. The Morgan fingerprint density at radius 1 is 1.12 bits per heavy atom. The van der Waals surface area contributed by atoms with Gasteiger partial charge in [-0.05, 0) is 48.3 Å². The second-order valence-corrected chi connectivity index (χ2v) is 8.93. The van der Waals surface area contributed by atoms with Crippen LogP contribution in [0, 0.1) is 17.8 Å². The number of fused-ring (bicyclic) bond motifs is 2. The van der Waals surface area contributed by atoms with Crippen LogP contribution in [0.2, 0.25) is 0 Å². The quantitative estimate of drug-likeness (QED) is 0.798. The lowest BCUT2D eigenvalue weighted by Crippen LogP contribution is -2.31. The number of allylic oxidation sites excluding steroid dienone is 2. The van der Waals surface area contributed by atoms with Gasteiger partial charge in [-0.2, -0.15) is 0 Å². The first-order valence-corrected chi connectivity index (χ1v) is 10.0. The van der Waals surface area contributed by atoms with Gasteiger partial charge in [0.25, 0.3) is 0 Å². The zero-order chi connectivity index (χ0) is 16.7. The van der Waals surface area contributed by atoms with E-state index in [1.54, 1.807) is 12.1 Å². The number of carbonyl (C=O) groups is 1. The predicted molar refractivity (Wildman–Crippen MR) is 90.8 cm³/mol. The summed E-state index contributed by atoms with van der Waals surface area (Å²) in [7, 11) is -3.47. The van der Waals surface area contributed by atoms with E-state index < -0.39 is 10.0 Å². The molecule has 5 nitrogen and oxygen atoms in total. The molecule has 1 aliphatic heterocycles. The van der Waals surface area contributed by atoms with Gasteiger partial charge in [0.1, 0.15) is 0 Å². The van der Waals surface area contributed by atoms with Crippen LogP contribution in [0.3, 0.4) is 0 Å². The molecule has 2 aliphatic carbocycles. The van der Waals surface area contributed by atoms with Crippen molar-refractivity contribution in [1.82, 2.24) is 10.0 Å². The van der Waals surface area contributed by atoms with E-state index in [-0.39, 0.29) is 11.8 Å². The highest BCUT2D eigenvalue weighted by Crippen LogP contribution is 2.43. The van der Waals surface area contributed by atoms with Crippen LogP contribution in [0.25, 0.3) is 0 Å². The van der Waals surface area contributed by atoms with E-state index in [4.69, 9.17) is 0 Å². The summed E-state index contributed by atoms with van der Waals surface area (Å²) in [5.41, 5.74) is 1.01. The molecule has 2 N–H and O–H groups in total. The van der Waals surface area contributed by atoms with Gasteiger partial charge in [0.15, 0.2) is 0 Å². The first-order chi connectivity index (χ1) is 11.5. The van der Waals surface area contributed by atoms with Crippen LogP contribution in [-0.4, -0.2) is 27.4 Å². The monoisotopic (exact) mass is 346 g/mol. The maximum Gasteiger partial charge on any atom is 0.240 e. The third-order valence-corrected chi connectivity index (χ3v) is 7.03. The molecule has 4 atom stereocenters. The second-order valence-electron chi connectivity index (χ2n) is 7.17. The van der Waals surface area contributed by atoms with Gasteiger partial charge in [-0.3, -0.25) is 4.79 Å². The number of nitrogens with one attached hydrogen (secondary N) is 2. The van der Waals surface area contributed by atoms with Crippen molar-refractivity contribution >= 4 is 15.9 Å². The third-order valence-electron chi connectivity index (χ3n) is 5.59. The van der Waals surface area contributed by atoms with Crippen LogP contribution < -0.4 is 10.0 Å². The standard InChI is InChI=1S/C18H22N2O3S/c21-18-9-16(10-19-18)13-3-5-17(6-4-13)24(22,23)20-11-15-8-12-1-2-14(15)7-12/h1-6,12,14-16,20H,7-11H2,(H,19,21)/t12-,14-,15-,16-/m0/s1. The normalized spacial score (nSPS) is 31.6. The Labute approximate surface area is 142 Å². The minimum Gasteiger partial charge on any atom is -0.355 e. The van der Waals surface area contributed by atoms with Crippen molar-refractivity contribution in [2.45, 2.75) is 30.1 Å². The molecular weight excluding hydrogens is 324 g/mol. The zero-order valence-electron chi connectivity index (χ0n) is 13.4. The Kier molecular flexibility index (Phi) is 3.96. The summed E-state index contributed by atoms with van der Waals surface area (Å²) in [4.78, 5) is 11.6. The summed E-state index contributed by atoms with van der Waals surface area (Å²) in [5.74, 6) is 1.80. The first kappa shape index (κ1) is 15.8. The second kappa shape index (κ2) is 6.01. The van der Waals surface area contributed by atoms with Gasteiger partial charge in [0.2, 0.25) is 15.9 Å². The molecule has 1 aromatic carbocycles. The third kappa shape index (κ3) is 3.00. The van der Waals surface area contributed by atoms with Crippen LogP contribution in [-0.2, 0) is 14.8 Å². The van der Waals surface area contributed by atoms with Crippen LogP contribution in [0.5, 0.6) is 0 Å². The molecule has 1 amide bonds. The van der Waals surface area contributed by atoms with Crippen molar-refractivity contribution in [2.24, 2.45) is 17.8 Å². The Morgan fingerprint density at radius 3 is 2.50 bits per heavy atom. The van der Waals surface area contributed by atoms with Gasteiger partial charge in [-0.1, -0.05) is 24.3 Å². The summed E-state index contributed by atoms with van der Waals surface area (Å²) in [6, 6.07) is 6.92. The zero-order valence-corrected chi connectivity index (χ0v) is 14.3. The number of carbonyl (C=O) groups excluding carboxylic acids is 1. The molecule has 2 bridgehead atoms. The molecule has 0 spiro atoms. The minimum absolute atomic E-state index is 0.0540. The number of hydrogen-bond acceptors (Lipinski definition) is 3. The molecule has 6 heteroatoms. The molecule has 1 aromatic rings. The van der Waals surface area contributed by atoms with Gasteiger partial charge in [0, 0.05) is 25.4 Å². The molecule has 1 heterocycles.